The highest BCUT2D eigenvalue weighted by atomic mass is 35.5. The maximum Gasteiger partial charge on any atom is 0.126 e. The van der Waals surface area contributed by atoms with Gasteiger partial charge in [-0.3, -0.25) is 0 Å². The topological polar surface area (TPSA) is 28.2 Å². The number of pyridine rings is 1. The van der Waals surface area contributed by atoms with Crippen LogP contribution in [0.1, 0.15) is 12.6 Å². The molecule has 0 aliphatic carbocycles. The highest BCUT2D eigenvalue weighted by Gasteiger charge is 2.10. The van der Waals surface area contributed by atoms with Crippen molar-refractivity contribution >= 4 is 23.1 Å². The fourth-order valence-electron chi connectivity index (χ4n) is 1.97. The van der Waals surface area contributed by atoms with Gasteiger partial charge in [0.05, 0.1) is 17.3 Å². The monoisotopic (exact) mass is 293 g/mol. The molecule has 2 aromatic rings. The Balaban J connectivity index is 2.26. The van der Waals surface area contributed by atoms with Gasteiger partial charge in [-0.05, 0) is 37.3 Å². The standard InChI is InChI=1S/C15H17ClFN3/c1-3-20(12-6-4-5-11(17)9-12)10-14-13(16)7-8-15(18-2)19-14/h4-9H,3,10H2,1-2H3,(H,18,19). The Morgan fingerprint density at radius 3 is 2.75 bits per heavy atom. The average Bonchev–Trinajstić information content (AvgIpc) is 2.46. The van der Waals surface area contributed by atoms with Gasteiger partial charge in [-0.15, -0.1) is 0 Å². The average molecular weight is 294 g/mol. The molecule has 106 valence electrons. The quantitative estimate of drug-likeness (QED) is 0.905. The van der Waals surface area contributed by atoms with E-state index in [1.807, 2.05) is 37.1 Å². The summed E-state index contributed by atoms with van der Waals surface area (Å²) in [5.41, 5.74) is 1.59. The number of hydrogen-bond acceptors (Lipinski definition) is 3. The Bertz CT molecular complexity index is 589. The first kappa shape index (κ1) is 14.6. The van der Waals surface area contributed by atoms with Crippen LogP contribution in [0.4, 0.5) is 15.9 Å². The zero-order valence-electron chi connectivity index (χ0n) is 11.5. The van der Waals surface area contributed by atoms with Crippen LogP contribution in [0.25, 0.3) is 0 Å². The summed E-state index contributed by atoms with van der Waals surface area (Å²) < 4.78 is 13.3. The Hall–Kier alpha value is -1.81. The van der Waals surface area contributed by atoms with E-state index in [9.17, 15) is 4.39 Å². The van der Waals surface area contributed by atoms with Crippen molar-refractivity contribution in [3.63, 3.8) is 0 Å². The van der Waals surface area contributed by atoms with Crippen molar-refractivity contribution < 1.29 is 4.39 Å². The van der Waals surface area contributed by atoms with Crippen LogP contribution in [-0.2, 0) is 6.54 Å². The van der Waals surface area contributed by atoms with Crippen molar-refractivity contribution in [2.75, 3.05) is 23.8 Å². The fourth-order valence-corrected chi connectivity index (χ4v) is 2.14. The predicted molar refractivity (Wildman–Crippen MR) is 81.9 cm³/mol. The second kappa shape index (κ2) is 6.57. The molecule has 1 aromatic heterocycles. The molecule has 0 atom stereocenters. The molecule has 20 heavy (non-hydrogen) atoms. The van der Waals surface area contributed by atoms with E-state index in [0.29, 0.717) is 11.6 Å². The highest BCUT2D eigenvalue weighted by molar-refractivity contribution is 6.31. The molecule has 0 bridgehead atoms. The van der Waals surface area contributed by atoms with Crippen LogP contribution in [-0.4, -0.2) is 18.6 Å². The lowest BCUT2D eigenvalue weighted by Crippen LogP contribution is -2.23. The van der Waals surface area contributed by atoms with Gasteiger partial charge >= 0.3 is 0 Å². The third kappa shape index (κ3) is 3.39. The molecule has 1 aromatic carbocycles. The fraction of sp³-hybridized carbons (Fsp3) is 0.267. The summed E-state index contributed by atoms with van der Waals surface area (Å²) in [5.74, 6) is 0.517. The molecule has 0 unspecified atom stereocenters. The number of rotatable bonds is 5. The minimum atomic E-state index is -0.246. The molecule has 5 heteroatoms. The number of anilines is 2. The molecule has 0 saturated carbocycles. The largest absolute Gasteiger partial charge is 0.373 e. The lowest BCUT2D eigenvalue weighted by Gasteiger charge is -2.23. The van der Waals surface area contributed by atoms with Gasteiger partial charge in [0.25, 0.3) is 0 Å². The molecule has 1 N–H and O–H groups in total. The second-order valence-corrected chi connectivity index (χ2v) is 4.78. The van der Waals surface area contributed by atoms with E-state index in [0.717, 1.165) is 23.7 Å². The summed E-state index contributed by atoms with van der Waals surface area (Å²) in [5, 5.41) is 3.60. The van der Waals surface area contributed by atoms with Gasteiger partial charge in [0.1, 0.15) is 11.6 Å². The summed E-state index contributed by atoms with van der Waals surface area (Å²) in [4.78, 5) is 6.47. The second-order valence-electron chi connectivity index (χ2n) is 4.37. The van der Waals surface area contributed by atoms with Crippen molar-refractivity contribution in [3.05, 3.63) is 52.9 Å². The number of benzene rings is 1. The van der Waals surface area contributed by atoms with E-state index in [2.05, 4.69) is 10.3 Å². The molecule has 1 heterocycles. The van der Waals surface area contributed by atoms with Crippen molar-refractivity contribution in [1.82, 2.24) is 4.98 Å². The molecular weight excluding hydrogens is 277 g/mol. The van der Waals surface area contributed by atoms with Gasteiger partial charge in [-0.1, -0.05) is 17.7 Å². The van der Waals surface area contributed by atoms with Crippen molar-refractivity contribution in [2.24, 2.45) is 0 Å². The van der Waals surface area contributed by atoms with Crippen LogP contribution in [0.2, 0.25) is 5.02 Å². The predicted octanol–water partition coefficient (Wildman–Crippen LogP) is 3.94. The first-order valence-corrected chi connectivity index (χ1v) is 6.85. The summed E-state index contributed by atoms with van der Waals surface area (Å²) in [6, 6.07) is 10.2. The van der Waals surface area contributed by atoms with Crippen LogP contribution < -0.4 is 10.2 Å². The first-order chi connectivity index (χ1) is 9.63. The molecule has 0 amide bonds. The maximum atomic E-state index is 13.3. The Labute approximate surface area is 123 Å². The zero-order chi connectivity index (χ0) is 14.5. The SMILES string of the molecule is CCN(Cc1nc(NC)ccc1Cl)c1cccc(F)c1. The summed E-state index contributed by atoms with van der Waals surface area (Å²) in [6.07, 6.45) is 0. The lowest BCUT2D eigenvalue weighted by molar-refractivity contribution is 0.626. The van der Waals surface area contributed by atoms with Gasteiger partial charge in [0.15, 0.2) is 0 Å². The third-order valence-electron chi connectivity index (χ3n) is 3.07. The van der Waals surface area contributed by atoms with Gasteiger partial charge in [0.2, 0.25) is 0 Å². The van der Waals surface area contributed by atoms with Gasteiger partial charge in [-0.25, -0.2) is 9.37 Å². The molecule has 0 radical (unpaired) electrons. The minimum absolute atomic E-state index is 0.246. The molecule has 2 rings (SSSR count). The Morgan fingerprint density at radius 1 is 1.30 bits per heavy atom. The summed E-state index contributed by atoms with van der Waals surface area (Å²) in [7, 11) is 1.81. The van der Waals surface area contributed by atoms with Crippen LogP contribution in [0.3, 0.4) is 0 Å². The molecular formula is C15H17ClFN3. The van der Waals surface area contributed by atoms with E-state index in [1.54, 1.807) is 6.07 Å². The van der Waals surface area contributed by atoms with Crippen LogP contribution in [0.15, 0.2) is 36.4 Å². The van der Waals surface area contributed by atoms with Crippen molar-refractivity contribution in [3.8, 4) is 0 Å². The number of nitrogens with one attached hydrogen (secondary N) is 1. The number of halogens is 2. The van der Waals surface area contributed by atoms with Gasteiger partial charge < -0.3 is 10.2 Å². The Kier molecular flexibility index (Phi) is 4.79. The van der Waals surface area contributed by atoms with E-state index in [4.69, 9.17) is 11.6 Å². The molecule has 0 spiro atoms. The number of aromatic nitrogens is 1. The molecule has 0 aliphatic rings. The van der Waals surface area contributed by atoms with Crippen LogP contribution in [0.5, 0.6) is 0 Å². The van der Waals surface area contributed by atoms with Crippen molar-refractivity contribution in [2.45, 2.75) is 13.5 Å². The molecule has 0 aliphatic heterocycles. The van der Waals surface area contributed by atoms with E-state index < -0.39 is 0 Å². The first-order valence-electron chi connectivity index (χ1n) is 6.47. The van der Waals surface area contributed by atoms with E-state index >= 15 is 0 Å². The normalized spacial score (nSPS) is 10.4. The minimum Gasteiger partial charge on any atom is -0.373 e. The summed E-state index contributed by atoms with van der Waals surface area (Å²) >= 11 is 6.18. The third-order valence-corrected chi connectivity index (χ3v) is 3.41. The zero-order valence-corrected chi connectivity index (χ0v) is 12.3. The molecule has 3 nitrogen and oxygen atoms in total. The van der Waals surface area contributed by atoms with Gasteiger partial charge in [-0.2, -0.15) is 0 Å². The number of nitrogens with zero attached hydrogens (tertiary/aromatic N) is 2. The molecule has 0 fully saturated rings. The lowest BCUT2D eigenvalue weighted by atomic mass is 10.2. The van der Waals surface area contributed by atoms with E-state index in [1.165, 1.54) is 12.1 Å². The van der Waals surface area contributed by atoms with Gasteiger partial charge in [0, 0.05) is 19.3 Å². The highest BCUT2D eigenvalue weighted by Crippen LogP contribution is 2.22. The summed E-state index contributed by atoms with van der Waals surface area (Å²) in [6.45, 7) is 3.29. The van der Waals surface area contributed by atoms with Crippen molar-refractivity contribution in [1.29, 1.82) is 0 Å². The Morgan fingerprint density at radius 2 is 2.10 bits per heavy atom. The van der Waals surface area contributed by atoms with Crippen LogP contribution >= 0.6 is 11.6 Å². The smallest absolute Gasteiger partial charge is 0.126 e. The van der Waals surface area contributed by atoms with Crippen LogP contribution in [0, 0.1) is 5.82 Å². The number of hydrogen-bond donors (Lipinski definition) is 1. The molecule has 0 saturated heterocycles. The maximum absolute atomic E-state index is 13.3. The van der Waals surface area contributed by atoms with E-state index in [-0.39, 0.29) is 5.82 Å².